The van der Waals surface area contributed by atoms with Crippen LogP contribution in [0.15, 0.2) is 28.7 Å². The second-order valence-corrected chi connectivity index (χ2v) is 9.03. The van der Waals surface area contributed by atoms with Crippen molar-refractivity contribution in [3.05, 3.63) is 34.3 Å². The third kappa shape index (κ3) is 5.87. The van der Waals surface area contributed by atoms with Crippen LogP contribution in [-0.4, -0.2) is 16.9 Å². The van der Waals surface area contributed by atoms with Gasteiger partial charge in [-0.05, 0) is 37.8 Å². The van der Waals surface area contributed by atoms with Crippen LogP contribution < -0.4 is 5.32 Å². The smallest absolute Gasteiger partial charge is 0.220 e. The second kappa shape index (κ2) is 9.11. The van der Waals surface area contributed by atoms with Crippen LogP contribution in [0.1, 0.15) is 50.6 Å². The van der Waals surface area contributed by atoms with Gasteiger partial charge in [0.1, 0.15) is 0 Å². The van der Waals surface area contributed by atoms with Crippen molar-refractivity contribution in [2.75, 3.05) is 5.75 Å². The fraction of sp³-hybridized carbons (Fsp3) is 0.562. The molecule has 1 amide bonds. The summed E-state index contributed by atoms with van der Waals surface area (Å²) in [4.78, 5) is 12.0. The predicted octanol–water partition coefficient (Wildman–Crippen LogP) is 5.34. The zero-order valence-corrected chi connectivity index (χ0v) is 15.5. The van der Waals surface area contributed by atoms with E-state index in [1.165, 1.54) is 18.6 Å². The highest BCUT2D eigenvalue weighted by Crippen LogP contribution is 2.39. The fourth-order valence-corrected chi connectivity index (χ4v) is 6.10. The van der Waals surface area contributed by atoms with Gasteiger partial charge >= 0.3 is 0 Å². The van der Waals surface area contributed by atoms with E-state index in [9.17, 15) is 4.79 Å². The van der Waals surface area contributed by atoms with E-state index in [0.29, 0.717) is 6.42 Å². The van der Waals surface area contributed by atoms with E-state index < -0.39 is 0 Å². The Labute approximate surface area is 143 Å². The molecule has 0 bridgehead atoms. The molecule has 2 atom stereocenters. The summed E-state index contributed by atoms with van der Waals surface area (Å²) in [7, 11) is 4.01. The molecule has 0 aromatic heterocycles. The quantitative estimate of drug-likeness (QED) is 0.505. The summed E-state index contributed by atoms with van der Waals surface area (Å²) in [5.74, 6) is 1.45. The van der Waals surface area contributed by atoms with Crippen molar-refractivity contribution < 1.29 is 4.79 Å². The molecule has 2 nitrogen and oxygen atoms in total. The Morgan fingerprint density at radius 1 is 1.43 bits per heavy atom. The molecule has 116 valence electrons. The standard InChI is InChI=1S/C16H22BrNOS2/c1-12(14-7-3-4-8-15(14)17)18-16(19)9-5-2-6-13-10-11-20-21-13/h3-4,7-8,12-13H,2,5-6,9-11H2,1H3,(H,18,19). The van der Waals surface area contributed by atoms with E-state index in [1.54, 1.807) is 0 Å². The van der Waals surface area contributed by atoms with Crippen molar-refractivity contribution in [3.63, 3.8) is 0 Å². The third-order valence-electron chi connectivity index (χ3n) is 3.66. The molecule has 1 aliphatic rings. The molecular weight excluding hydrogens is 366 g/mol. The van der Waals surface area contributed by atoms with Crippen LogP contribution in [0, 0.1) is 0 Å². The molecule has 21 heavy (non-hydrogen) atoms. The van der Waals surface area contributed by atoms with E-state index in [0.717, 1.165) is 28.1 Å². The van der Waals surface area contributed by atoms with Gasteiger partial charge in [0.2, 0.25) is 5.91 Å². The van der Waals surface area contributed by atoms with Crippen LogP contribution in [-0.2, 0) is 4.79 Å². The molecule has 1 fully saturated rings. The van der Waals surface area contributed by atoms with Crippen LogP contribution in [0.25, 0.3) is 0 Å². The number of unbranched alkanes of at least 4 members (excludes halogenated alkanes) is 1. The average molecular weight is 388 g/mol. The lowest BCUT2D eigenvalue weighted by atomic mass is 10.1. The summed E-state index contributed by atoms with van der Waals surface area (Å²) < 4.78 is 1.05. The maximum atomic E-state index is 12.0. The predicted molar refractivity (Wildman–Crippen MR) is 97.6 cm³/mol. The van der Waals surface area contributed by atoms with Gasteiger partial charge in [-0.3, -0.25) is 4.79 Å². The summed E-state index contributed by atoms with van der Waals surface area (Å²) >= 11 is 3.53. The Hall–Kier alpha value is -0.130. The largest absolute Gasteiger partial charge is 0.350 e. The van der Waals surface area contributed by atoms with Crippen molar-refractivity contribution in [2.24, 2.45) is 0 Å². The lowest BCUT2D eigenvalue weighted by Crippen LogP contribution is -2.26. The Kier molecular flexibility index (Phi) is 7.47. The molecule has 0 aliphatic carbocycles. The number of hydrogen-bond donors (Lipinski definition) is 1. The molecule has 1 saturated heterocycles. The molecule has 1 N–H and O–H groups in total. The fourth-order valence-electron chi connectivity index (χ4n) is 2.44. The van der Waals surface area contributed by atoms with E-state index in [-0.39, 0.29) is 11.9 Å². The summed E-state index contributed by atoms with van der Waals surface area (Å²) in [5, 5.41) is 3.90. The summed E-state index contributed by atoms with van der Waals surface area (Å²) in [6, 6.07) is 8.09. The number of hydrogen-bond acceptors (Lipinski definition) is 3. The number of halogens is 1. The Bertz CT molecular complexity index is 463. The summed E-state index contributed by atoms with van der Waals surface area (Å²) in [6.45, 7) is 2.03. The second-order valence-electron chi connectivity index (χ2n) is 5.39. The Morgan fingerprint density at radius 3 is 2.95 bits per heavy atom. The van der Waals surface area contributed by atoms with Crippen LogP contribution >= 0.6 is 37.5 Å². The molecule has 0 spiro atoms. The first-order valence-corrected chi connectivity index (χ1v) is 10.7. The number of nitrogens with one attached hydrogen (secondary N) is 1. The average Bonchev–Trinajstić information content (AvgIpc) is 2.97. The number of amides is 1. The third-order valence-corrected chi connectivity index (χ3v) is 7.39. The minimum atomic E-state index is 0.0508. The van der Waals surface area contributed by atoms with Gasteiger partial charge in [-0.25, -0.2) is 0 Å². The topological polar surface area (TPSA) is 29.1 Å². The molecule has 5 heteroatoms. The zero-order valence-electron chi connectivity index (χ0n) is 12.3. The molecule has 0 saturated carbocycles. The maximum Gasteiger partial charge on any atom is 0.220 e. The molecule has 1 aromatic carbocycles. The first-order valence-electron chi connectivity index (χ1n) is 7.49. The maximum absolute atomic E-state index is 12.0. The molecule has 2 rings (SSSR count). The summed E-state index contributed by atoms with van der Waals surface area (Å²) in [5.41, 5.74) is 1.13. The SMILES string of the molecule is CC(NC(=O)CCCCC1CCSS1)c1ccccc1Br. The van der Waals surface area contributed by atoms with Gasteiger partial charge in [-0.15, -0.1) is 0 Å². The highest BCUT2D eigenvalue weighted by Gasteiger charge is 2.16. The van der Waals surface area contributed by atoms with Crippen molar-refractivity contribution in [3.8, 4) is 0 Å². The van der Waals surface area contributed by atoms with Gasteiger partial charge in [0.05, 0.1) is 6.04 Å². The van der Waals surface area contributed by atoms with E-state index in [2.05, 4.69) is 21.2 Å². The molecule has 1 aliphatic heterocycles. The molecular formula is C16H22BrNOS2. The lowest BCUT2D eigenvalue weighted by molar-refractivity contribution is -0.121. The van der Waals surface area contributed by atoms with E-state index >= 15 is 0 Å². The lowest BCUT2D eigenvalue weighted by Gasteiger charge is -2.16. The van der Waals surface area contributed by atoms with Crippen molar-refractivity contribution >= 4 is 43.4 Å². The Morgan fingerprint density at radius 2 is 2.24 bits per heavy atom. The van der Waals surface area contributed by atoms with Gasteiger partial charge in [-0.1, -0.05) is 62.1 Å². The van der Waals surface area contributed by atoms with Gasteiger partial charge in [0.25, 0.3) is 0 Å². The van der Waals surface area contributed by atoms with Crippen LogP contribution in [0.4, 0.5) is 0 Å². The van der Waals surface area contributed by atoms with Crippen LogP contribution in [0.2, 0.25) is 0 Å². The number of carbonyl (C=O) groups excluding carboxylic acids is 1. The molecule has 2 unspecified atom stereocenters. The van der Waals surface area contributed by atoms with Crippen molar-refractivity contribution in [1.82, 2.24) is 5.32 Å². The normalized spacial score (nSPS) is 19.4. The first-order chi connectivity index (χ1) is 10.2. The van der Waals surface area contributed by atoms with E-state index in [4.69, 9.17) is 0 Å². The monoisotopic (exact) mass is 387 g/mol. The van der Waals surface area contributed by atoms with Crippen molar-refractivity contribution in [2.45, 2.75) is 50.3 Å². The Balaban J connectivity index is 1.65. The highest BCUT2D eigenvalue weighted by atomic mass is 79.9. The molecule has 1 heterocycles. The van der Waals surface area contributed by atoms with Gasteiger partial charge in [-0.2, -0.15) is 0 Å². The van der Waals surface area contributed by atoms with Crippen LogP contribution in [0.3, 0.4) is 0 Å². The molecule has 0 radical (unpaired) electrons. The van der Waals surface area contributed by atoms with Crippen LogP contribution in [0.5, 0.6) is 0 Å². The van der Waals surface area contributed by atoms with Gasteiger partial charge < -0.3 is 5.32 Å². The highest BCUT2D eigenvalue weighted by molar-refractivity contribution is 9.10. The zero-order chi connectivity index (χ0) is 15.1. The van der Waals surface area contributed by atoms with Crippen molar-refractivity contribution in [1.29, 1.82) is 0 Å². The first kappa shape index (κ1) is 17.2. The summed E-state index contributed by atoms with van der Waals surface area (Å²) in [6.07, 6.45) is 5.38. The van der Waals surface area contributed by atoms with Gasteiger partial charge in [0, 0.05) is 21.9 Å². The molecule has 1 aromatic rings. The minimum Gasteiger partial charge on any atom is -0.350 e. The van der Waals surface area contributed by atoms with Gasteiger partial charge in [0.15, 0.2) is 0 Å². The number of carbonyl (C=O) groups is 1. The number of benzene rings is 1. The number of rotatable bonds is 7. The van der Waals surface area contributed by atoms with E-state index in [1.807, 2.05) is 52.8 Å². The minimum absolute atomic E-state index is 0.0508.